The minimum atomic E-state index is -0.930. The smallest absolute Gasteiger partial charge is 0.332 e. The van der Waals surface area contributed by atoms with Gasteiger partial charge in [0.2, 0.25) is 11.8 Å². The van der Waals surface area contributed by atoms with Crippen LogP contribution in [0.1, 0.15) is 21.1 Å². The molecule has 0 aromatic heterocycles. The number of ether oxygens (including phenoxy) is 3. The molecule has 3 heterocycles. The molecule has 126 valence electrons. The van der Waals surface area contributed by atoms with E-state index in [4.69, 9.17) is 15.6 Å². The number of hydrogen-bond donors (Lipinski definition) is 0. The van der Waals surface area contributed by atoms with Crippen LogP contribution in [0.4, 0.5) is 0 Å². The molecule has 3 aliphatic rings. The number of fused-ring (bicyclic) bond motifs is 5. The average molecular weight is 326 g/mol. The number of esters is 1. The second kappa shape index (κ2) is 6.01. The third-order valence-corrected chi connectivity index (χ3v) is 4.49. The third kappa shape index (κ3) is 2.66. The molecule has 8 heteroatoms. The summed E-state index contributed by atoms with van der Waals surface area (Å²) in [5.74, 6) is -2.93. The fraction of sp³-hybridized carbons (Fsp3) is 0.733. The van der Waals surface area contributed by atoms with E-state index in [1.807, 2.05) is 0 Å². The highest BCUT2D eigenvalue weighted by Crippen LogP contribution is 2.49. The lowest BCUT2D eigenvalue weighted by atomic mass is 9.79. The maximum absolute atomic E-state index is 12.2. The Balaban J connectivity index is 1.60. The first-order valence-corrected chi connectivity index (χ1v) is 7.54. The van der Waals surface area contributed by atoms with Gasteiger partial charge in [-0.1, -0.05) is 6.92 Å². The van der Waals surface area contributed by atoms with E-state index in [9.17, 15) is 19.2 Å². The quantitative estimate of drug-likeness (QED) is 0.470. The SMILES string of the molecule is [2H]C1C(OC(=O)COCC(=O)CC)C2OC1C1C(=O)N(C)C(=O)C21. The van der Waals surface area contributed by atoms with Crippen molar-refractivity contribution in [2.45, 2.75) is 38.1 Å². The number of Topliss-reactive ketones (excluding diaryl/α,β-unsaturated/α-hetero) is 1. The van der Waals surface area contributed by atoms with E-state index in [0.717, 1.165) is 4.90 Å². The fourth-order valence-corrected chi connectivity index (χ4v) is 3.29. The van der Waals surface area contributed by atoms with Gasteiger partial charge in [-0.15, -0.1) is 0 Å². The lowest BCUT2D eigenvalue weighted by molar-refractivity contribution is -0.160. The van der Waals surface area contributed by atoms with E-state index in [-0.39, 0.29) is 24.2 Å². The first kappa shape index (κ1) is 14.8. The number of likely N-dealkylation sites (tertiary alicyclic amines) is 1. The Bertz CT molecular complexity index is 594. The monoisotopic (exact) mass is 326 g/mol. The summed E-state index contributed by atoms with van der Waals surface area (Å²) in [6.07, 6.45) is -3.07. The predicted molar refractivity (Wildman–Crippen MR) is 74.0 cm³/mol. The average Bonchev–Trinajstić information content (AvgIpc) is 3.15. The molecule has 6 atom stereocenters. The lowest BCUT2D eigenvalue weighted by Gasteiger charge is -2.24. The van der Waals surface area contributed by atoms with E-state index in [0.29, 0.717) is 6.42 Å². The summed E-state index contributed by atoms with van der Waals surface area (Å²) < 4.78 is 23.9. The summed E-state index contributed by atoms with van der Waals surface area (Å²) in [6, 6.07) is 0. The first-order valence-electron chi connectivity index (χ1n) is 8.12. The molecule has 0 N–H and O–H groups in total. The van der Waals surface area contributed by atoms with Crippen molar-refractivity contribution >= 4 is 23.6 Å². The molecule has 0 aromatic carbocycles. The van der Waals surface area contributed by atoms with Crippen molar-refractivity contribution in [3.63, 3.8) is 0 Å². The highest BCUT2D eigenvalue weighted by molar-refractivity contribution is 6.06. The Labute approximate surface area is 134 Å². The Kier molecular flexibility index (Phi) is 3.86. The molecule has 0 radical (unpaired) electrons. The van der Waals surface area contributed by atoms with Crippen molar-refractivity contribution < 1.29 is 34.8 Å². The zero-order valence-corrected chi connectivity index (χ0v) is 12.9. The molecule has 0 aliphatic carbocycles. The second-order valence-corrected chi connectivity index (χ2v) is 5.88. The zero-order chi connectivity index (χ0) is 17.6. The van der Waals surface area contributed by atoms with Crippen LogP contribution in [0.5, 0.6) is 0 Å². The number of hydrogen-bond acceptors (Lipinski definition) is 7. The van der Waals surface area contributed by atoms with Gasteiger partial charge in [0.15, 0.2) is 5.78 Å². The van der Waals surface area contributed by atoms with Gasteiger partial charge in [0.1, 0.15) is 25.4 Å². The van der Waals surface area contributed by atoms with Gasteiger partial charge in [-0.25, -0.2) is 4.79 Å². The summed E-state index contributed by atoms with van der Waals surface area (Å²) in [6.45, 7) is 1.10. The van der Waals surface area contributed by atoms with Crippen LogP contribution in [0.15, 0.2) is 0 Å². The van der Waals surface area contributed by atoms with Crippen molar-refractivity contribution in [3.8, 4) is 0 Å². The molecule has 23 heavy (non-hydrogen) atoms. The molecular formula is C15H19NO7. The van der Waals surface area contributed by atoms with Crippen LogP contribution >= 0.6 is 0 Å². The number of nitrogens with zero attached hydrogens (tertiary/aromatic N) is 1. The molecule has 0 saturated carbocycles. The van der Waals surface area contributed by atoms with E-state index < -0.39 is 49.1 Å². The first-order chi connectivity index (χ1) is 11.4. The molecule has 8 nitrogen and oxygen atoms in total. The van der Waals surface area contributed by atoms with Gasteiger partial charge in [0.05, 0.1) is 17.9 Å². The lowest BCUT2D eigenvalue weighted by Crippen LogP contribution is -2.41. The van der Waals surface area contributed by atoms with Crippen LogP contribution in [-0.4, -0.2) is 67.0 Å². The number of carbonyl (C=O) groups excluding carboxylic acids is 4. The molecule has 3 saturated heterocycles. The second-order valence-electron chi connectivity index (χ2n) is 5.88. The van der Waals surface area contributed by atoms with Crippen molar-refractivity contribution in [2.24, 2.45) is 11.8 Å². The zero-order valence-electron chi connectivity index (χ0n) is 13.9. The number of imide groups is 1. The van der Waals surface area contributed by atoms with Gasteiger partial charge < -0.3 is 14.2 Å². The van der Waals surface area contributed by atoms with Gasteiger partial charge in [-0.05, 0) is 0 Å². The molecular weight excluding hydrogens is 306 g/mol. The maximum atomic E-state index is 12.2. The summed E-state index contributed by atoms with van der Waals surface area (Å²) in [5, 5.41) is 0. The van der Waals surface area contributed by atoms with Crippen molar-refractivity contribution in [2.75, 3.05) is 20.3 Å². The van der Waals surface area contributed by atoms with Crippen LogP contribution in [0.3, 0.4) is 0 Å². The molecule has 6 unspecified atom stereocenters. The fourth-order valence-electron chi connectivity index (χ4n) is 3.29. The van der Waals surface area contributed by atoms with E-state index in [1.165, 1.54) is 7.05 Å². The minimum Gasteiger partial charge on any atom is -0.458 e. The summed E-state index contributed by atoms with van der Waals surface area (Å²) in [4.78, 5) is 48.2. The Morgan fingerprint density at radius 3 is 2.70 bits per heavy atom. The molecule has 3 fully saturated rings. The minimum absolute atomic E-state index is 0.134. The molecule has 0 spiro atoms. The topological polar surface area (TPSA) is 99.2 Å². The van der Waals surface area contributed by atoms with Crippen LogP contribution in [0, 0.1) is 11.8 Å². The van der Waals surface area contributed by atoms with Crippen LogP contribution in [0.2, 0.25) is 0 Å². The van der Waals surface area contributed by atoms with Crippen LogP contribution < -0.4 is 0 Å². The number of amides is 2. The van der Waals surface area contributed by atoms with Crippen LogP contribution in [-0.2, 0) is 33.4 Å². The van der Waals surface area contributed by atoms with Gasteiger partial charge in [0.25, 0.3) is 0 Å². The summed E-state index contributed by atoms with van der Waals surface area (Å²) >= 11 is 0. The molecule has 2 bridgehead atoms. The van der Waals surface area contributed by atoms with Gasteiger partial charge in [-0.3, -0.25) is 19.3 Å². The Morgan fingerprint density at radius 1 is 1.30 bits per heavy atom. The van der Waals surface area contributed by atoms with Crippen molar-refractivity contribution in [1.29, 1.82) is 0 Å². The number of carbonyl (C=O) groups is 4. The standard InChI is InChI=1S/C15H19NO7/c1-3-7(17)5-21-6-10(18)22-9-4-8-11-12(13(9)23-8)15(20)16(2)14(11)19/h8-9,11-13H,3-6H2,1-2H3/i4D. The summed E-state index contributed by atoms with van der Waals surface area (Å²) in [5.41, 5.74) is 0. The Morgan fingerprint density at radius 2 is 2.00 bits per heavy atom. The normalized spacial score (nSPS) is 38.7. The summed E-state index contributed by atoms with van der Waals surface area (Å²) in [7, 11) is 1.40. The van der Waals surface area contributed by atoms with Gasteiger partial charge in [0, 0.05) is 21.2 Å². The van der Waals surface area contributed by atoms with E-state index >= 15 is 0 Å². The maximum Gasteiger partial charge on any atom is 0.332 e. The van der Waals surface area contributed by atoms with Crippen molar-refractivity contribution in [3.05, 3.63) is 0 Å². The third-order valence-electron chi connectivity index (χ3n) is 4.49. The predicted octanol–water partition coefficient (Wildman–Crippen LogP) is -0.704. The van der Waals surface area contributed by atoms with Crippen LogP contribution in [0.25, 0.3) is 0 Å². The number of ketones is 1. The van der Waals surface area contributed by atoms with Crippen molar-refractivity contribution in [1.82, 2.24) is 4.90 Å². The highest BCUT2D eigenvalue weighted by Gasteiger charge is 2.65. The molecule has 0 aromatic rings. The number of rotatable bonds is 6. The van der Waals surface area contributed by atoms with E-state index in [2.05, 4.69) is 0 Å². The molecule has 2 amide bonds. The highest BCUT2D eigenvalue weighted by atomic mass is 16.6. The largest absolute Gasteiger partial charge is 0.458 e. The van der Waals surface area contributed by atoms with E-state index in [1.54, 1.807) is 6.92 Å². The Hall–Kier alpha value is -1.80. The molecule has 3 rings (SSSR count). The van der Waals surface area contributed by atoms with Gasteiger partial charge >= 0.3 is 5.97 Å². The van der Waals surface area contributed by atoms with Gasteiger partial charge in [-0.2, -0.15) is 0 Å². The molecule has 3 aliphatic heterocycles.